The molecule has 24 heavy (non-hydrogen) atoms. The van der Waals surface area contributed by atoms with E-state index in [-0.39, 0.29) is 20.8 Å². The molecule has 0 aromatic carbocycles. The summed E-state index contributed by atoms with van der Waals surface area (Å²) in [6.07, 6.45) is 1.13. The van der Waals surface area contributed by atoms with Crippen LogP contribution in [0.25, 0.3) is 0 Å². The molecule has 0 atom stereocenters. The molecule has 126 valence electrons. The Morgan fingerprint density at radius 3 is 2.58 bits per heavy atom. The Balaban J connectivity index is 1.84. The summed E-state index contributed by atoms with van der Waals surface area (Å²) >= 11 is 18.5. The van der Waals surface area contributed by atoms with Gasteiger partial charge in [-0.1, -0.05) is 40.9 Å². The van der Waals surface area contributed by atoms with Gasteiger partial charge in [0.15, 0.2) is 12.3 Å². The second-order valence-electron chi connectivity index (χ2n) is 4.14. The van der Waals surface area contributed by atoms with Crippen molar-refractivity contribution in [3.8, 4) is 0 Å². The molecule has 0 bridgehead atoms. The fraction of sp³-hybridized carbons (Fsp3) is 0.0769. The number of nitrogens with zero attached hydrogens (tertiary/aromatic N) is 1. The summed E-state index contributed by atoms with van der Waals surface area (Å²) in [5.41, 5.74) is 4.00. The molecule has 2 heterocycles. The number of halogens is 3. The zero-order valence-corrected chi connectivity index (χ0v) is 14.7. The van der Waals surface area contributed by atoms with Gasteiger partial charge in [0, 0.05) is 6.20 Å². The molecule has 7 nitrogen and oxygen atoms in total. The van der Waals surface area contributed by atoms with Gasteiger partial charge in [-0.15, -0.1) is 11.3 Å². The number of carbonyl (C=O) groups is 3. The number of thiophene rings is 1. The molecule has 0 aliphatic rings. The van der Waals surface area contributed by atoms with Crippen molar-refractivity contribution in [1.29, 1.82) is 0 Å². The quantitative estimate of drug-likeness (QED) is 0.599. The number of carbonyl (C=O) groups excluding carboxylic acids is 3. The van der Waals surface area contributed by atoms with Crippen molar-refractivity contribution in [1.82, 2.24) is 15.8 Å². The molecular formula is C13H8Cl3N3O4S. The first-order chi connectivity index (χ1) is 11.4. The molecule has 0 saturated carbocycles. The van der Waals surface area contributed by atoms with E-state index in [2.05, 4.69) is 15.8 Å². The van der Waals surface area contributed by atoms with Crippen LogP contribution in [0.5, 0.6) is 0 Å². The minimum absolute atomic E-state index is 0.0482. The molecule has 2 N–H and O–H groups in total. The monoisotopic (exact) mass is 407 g/mol. The summed E-state index contributed by atoms with van der Waals surface area (Å²) in [7, 11) is 0. The van der Waals surface area contributed by atoms with Crippen LogP contribution >= 0.6 is 46.1 Å². The van der Waals surface area contributed by atoms with Gasteiger partial charge in [0.05, 0.1) is 19.9 Å². The lowest BCUT2D eigenvalue weighted by atomic mass is 10.3. The Labute approximate surface area is 154 Å². The summed E-state index contributed by atoms with van der Waals surface area (Å²) in [5.74, 6) is -2.19. The maximum absolute atomic E-state index is 11.8. The number of esters is 1. The van der Waals surface area contributed by atoms with Crippen LogP contribution in [0.3, 0.4) is 0 Å². The summed E-state index contributed by atoms with van der Waals surface area (Å²) in [5, 5.41) is 1.56. The first-order valence-corrected chi connectivity index (χ1v) is 8.20. The van der Waals surface area contributed by atoms with Crippen molar-refractivity contribution in [3.05, 3.63) is 49.3 Å². The van der Waals surface area contributed by atoms with Crippen molar-refractivity contribution in [2.45, 2.75) is 0 Å². The van der Waals surface area contributed by atoms with Crippen LogP contribution in [0.4, 0.5) is 0 Å². The molecular weight excluding hydrogens is 401 g/mol. The second-order valence-corrected chi connectivity index (χ2v) is 6.25. The maximum Gasteiger partial charge on any atom is 0.359 e. The minimum Gasteiger partial charge on any atom is -0.451 e. The highest BCUT2D eigenvalue weighted by Crippen LogP contribution is 2.31. The number of nitrogens with one attached hydrogen (secondary N) is 2. The first-order valence-electron chi connectivity index (χ1n) is 6.19. The number of aromatic nitrogens is 1. The highest BCUT2D eigenvalue weighted by molar-refractivity contribution is 7.12. The average Bonchev–Trinajstić information content (AvgIpc) is 3.10. The third-order valence-electron chi connectivity index (χ3n) is 2.51. The lowest BCUT2D eigenvalue weighted by molar-refractivity contribution is -0.125. The highest BCUT2D eigenvalue weighted by Gasteiger charge is 2.19. The smallest absolute Gasteiger partial charge is 0.359 e. The summed E-state index contributed by atoms with van der Waals surface area (Å²) in [6.45, 7) is -0.651. The van der Waals surface area contributed by atoms with Gasteiger partial charge in [0.1, 0.15) is 0 Å². The summed E-state index contributed by atoms with van der Waals surface area (Å²) in [4.78, 5) is 39.1. The fourth-order valence-electron chi connectivity index (χ4n) is 1.42. The van der Waals surface area contributed by atoms with Crippen LogP contribution in [0.2, 0.25) is 15.1 Å². The molecule has 2 aromatic heterocycles. The largest absolute Gasteiger partial charge is 0.451 e. The van der Waals surface area contributed by atoms with Gasteiger partial charge in [0.25, 0.3) is 11.8 Å². The topological polar surface area (TPSA) is 97.4 Å². The summed E-state index contributed by atoms with van der Waals surface area (Å²) < 4.78 is 4.74. The van der Waals surface area contributed by atoms with Crippen LogP contribution in [0.15, 0.2) is 23.7 Å². The standard InChI is InChI=1S/C13H8Cl3N3O4S/c14-6-4-17-11(10(16)9(6)15)13(22)23-5-8(20)18-19-12(21)7-2-1-3-24-7/h1-4H,5H2,(H,18,20)(H,19,21). The molecule has 0 aliphatic heterocycles. The van der Waals surface area contributed by atoms with Crippen molar-refractivity contribution in [2.24, 2.45) is 0 Å². The second kappa shape index (κ2) is 8.29. The molecule has 2 amide bonds. The normalized spacial score (nSPS) is 10.1. The number of amides is 2. The molecule has 0 aliphatic carbocycles. The van der Waals surface area contributed by atoms with E-state index in [9.17, 15) is 14.4 Å². The SMILES string of the molecule is O=C(COC(=O)c1ncc(Cl)c(Cl)c1Cl)NNC(=O)c1cccs1. The molecule has 0 radical (unpaired) electrons. The molecule has 0 spiro atoms. The van der Waals surface area contributed by atoms with Gasteiger partial charge in [-0.3, -0.25) is 20.4 Å². The lowest BCUT2D eigenvalue weighted by Crippen LogP contribution is -2.43. The van der Waals surface area contributed by atoms with Crippen molar-refractivity contribution < 1.29 is 19.1 Å². The van der Waals surface area contributed by atoms with E-state index in [1.165, 1.54) is 11.3 Å². The lowest BCUT2D eigenvalue weighted by Gasteiger charge is -2.08. The minimum atomic E-state index is -0.960. The molecule has 2 rings (SSSR count). The number of pyridine rings is 1. The Bertz CT molecular complexity index is 783. The van der Waals surface area contributed by atoms with Gasteiger partial charge < -0.3 is 4.74 Å². The van der Waals surface area contributed by atoms with E-state index in [0.29, 0.717) is 4.88 Å². The maximum atomic E-state index is 11.8. The van der Waals surface area contributed by atoms with Gasteiger partial charge >= 0.3 is 5.97 Å². The average molecular weight is 409 g/mol. The third kappa shape index (κ3) is 4.57. The van der Waals surface area contributed by atoms with Gasteiger partial charge in [0.2, 0.25) is 0 Å². The van der Waals surface area contributed by atoms with E-state index in [1.807, 2.05) is 0 Å². The molecule has 0 unspecified atom stereocenters. The third-order valence-corrected chi connectivity index (χ3v) is 4.61. The van der Waals surface area contributed by atoms with Crippen molar-refractivity contribution in [2.75, 3.05) is 6.61 Å². The van der Waals surface area contributed by atoms with Crippen LogP contribution in [0.1, 0.15) is 20.2 Å². The fourth-order valence-corrected chi connectivity index (χ4v) is 2.59. The van der Waals surface area contributed by atoms with Gasteiger partial charge in [-0.2, -0.15) is 0 Å². The Kier molecular flexibility index (Phi) is 6.38. The predicted molar refractivity (Wildman–Crippen MR) is 89.5 cm³/mol. The molecule has 11 heteroatoms. The van der Waals surface area contributed by atoms with Crippen molar-refractivity contribution in [3.63, 3.8) is 0 Å². The Morgan fingerprint density at radius 1 is 1.17 bits per heavy atom. The van der Waals surface area contributed by atoms with E-state index in [1.54, 1.807) is 17.5 Å². The van der Waals surface area contributed by atoms with E-state index < -0.39 is 24.4 Å². The van der Waals surface area contributed by atoms with Crippen LogP contribution in [-0.4, -0.2) is 29.4 Å². The summed E-state index contributed by atoms with van der Waals surface area (Å²) in [6, 6.07) is 3.28. The van der Waals surface area contributed by atoms with Crippen LogP contribution in [0, 0.1) is 0 Å². The van der Waals surface area contributed by atoms with Crippen molar-refractivity contribution >= 4 is 63.9 Å². The van der Waals surface area contributed by atoms with E-state index >= 15 is 0 Å². The predicted octanol–water partition coefficient (Wildman–Crippen LogP) is 2.72. The number of hydrogen-bond acceptors (Lipinski definition) is 6. The van der Waals surface area contributed by atoms with Crippen LogP contribution < -0.4 is 10.9 Å². The van der Waals surface area contributed by atoms with Crippen LogP contribution in [-0.2, 0) is 9.53 Å². The van der Waals surface area contributed by atoms with Gasteiger partial charge in [-0.05, 0) is 11.4 Å². The molecule has 0 fully saturated rings. The van der Waals surface area contributed by atoms with E-state index in [0.717, 1.165) is 6.20 Å². The number of hydrazine groups is 1. The van der Waals surface area contributed by atoms with Gasteiger partial charge in [-0.25, -0.2) is 9.78 Å². The zero-order valence-electron chi connectivity index (χ0n) is 11.6. The molecule has 0 saturated heterocycles. The first kappa shape index (κ1) is 18.5. The number of hydrogen-bond donors (Lipinski definition) is 2. The number of ether oxygens (including phenoxy) is 1. The highest BCUT2D eigenvalue weighted by atomic mass is 35.5. The number of rotatable bonds is 4. The zero-order chi connectivity index (χ0) is 17.7. The Hall–Kier alpha value is -1.87. The Morgan fingerprint density at radius 2 is 1.92 bits per heavy atom. The van der Waals surface area contributed by atoms with E-state index in [4.69, 9.17) is 39.5 Å². The molecule has 2 aromatic rings.